The number of thiophene rings is 1. The lowest BCUT2D eigenvalue weighted by Gasteiger charge is -2.40. The number of amides is 2. The van der Waals surface area contributed by atoms with Gasteiger partial charge in [0, 0.05) is 12.6 Å². The number of anilines is 1. The number of rotatable bonds is 4. The first-order valence-electron chi connectivity index (χ1n) is 8.95. The van der Waals surface area contributed by atoms with Crippen molar-refractivity contribution < 1.29 is 9.59 Å². The molecule has 2 saturated heterocycles. The van der Waals surface area contributed by atoms with Gasteiger partial charge in [0.25, 0.3) is 5.91 Å². The molecule has 1 aromatic rings. The second-order valence-corrected chi connectivity index (χ2v) is 8.74. The quantitative estimate of drug-likeness (QED) is 0.879. The molecule has 4 bridgehead atoms. The van der Waals surface area contributed by atoms with Crippen LogP contribution in [-0.4, -0.2) is 35.3 Å². The standard InChI is InChI=1S/C18H25N3O2S/c1-10(17(23)20-18-15(16(19)22)2-3-24-18)21-9-13-5-11-4-12(6-13)8-14(21)7-11/h2-3,10-14H,4-9H2,1H3,(H2,19,22)(H,20,23). The maximum Gasteiger partial charge on any atom is 0.251 e. The smallest absolute Gasteiger partial charge is 0.251 e. The van der Waals surface area contributed by atoms with Crippen molar-refractivity contribution in [2.75, 3.05) is 11.9 Å². The molecule has 3 unspecified atom stereocenters. The largest absolute Gasteiger partial charge is 0.366 e. The van der Waals surface area contributed by atoms with Crippen LogP contribution in [0.5, 0.6) is 0 Å². The summed E-state index contributed by atoms with van der Waals surface area (Å²) < 4.78 is 0. The van der Waals surface area contributed by atoms with Crippen LogP contribution in [0.2, 0.25) is 0 Å². The van der Waals surface area contributed by atoms with E-state index in [0.29, 0.717) is 16.6 Å². The molecule has 2 aliphatic heterocycles. The maximum atomic E-state index is 12.8. The Morgan fingerprint density at radius 1 is 1.21 bits per heavy atom. The number of primary amides is 1. The molecular formula is C18H25N3O2S. The van der Waals surface area contributed by atoms with E-state index in [1.54, 1.807) is 11.4 Å². The Morgan fingerprint density at radius 3 is 2.54 bits per heavy atom. The number of nitrogens with one attached hydrogen (secondary N) is 1. The third-order valence-electron chi connectivity index (χ3n) is 6.19. The van der Waals surface area contributed by atoms with Crippen LogP contribution < -0.4 is 11.1 Å². The van der Waals surface area contributed by atoms with Crippen LogP contribution >= 0.6 is 11.3 Å². The molecule has 3 heterocycles. The molecule has 3 atom stereocenters. The monoisotopic (exact) mass is 347 g/mol. The van der Waals surface area contributed by atoms with Crippen molar-refractivity contribution in [3.8, 4) is 0 Å². The van der Waals surface area contributed by atoms with Gasteiger partial charge in [0.15, 0.2) is 0 Å². The van der Waals surface area contributed by atoms with Crippen LogP contribution in [0.25, 0.3) is 0 Å². The first-order chi connectivity index (χ1) is 11.5. The maximum absolute atomic E-state index is 12.8. The van der Waals surface area contributed by atoms with Gasteiger partial charge in [-0.05, 0) is 68.2 Å². The molecule has 0 radical (unpaired) electrons. The van der Waals surface area contributed by atoms with Gasteiger partial charge < -0.3 is 11.1 Å². The molecule has 4 fully saturated rings. The number of hydrogen-bond donors (Lipinski definition) is 2. The van der Waals surface area contributed by atoms with Crippen molar-refractivity contribution in [2.45, 2.75) is 51.1 Å². The first kappa shape index (κ1) is 16.1. The summed E-state index contributed by atoms with van der Waals surface area (Å²) >= 11 is 1.35. The summed E-state index contributed by atoms with van der Waals surface area (Å²) in [6, 6.07) is 2.04. The molecule has 2 aliphatic carbocycles. The fourth-order valence-electron chi connectivity index (χ4n) is 5.26. The molecule has 0 aromatic carbocycles. The van der Waals surface area contributed by atoms with Gasteiger partial charge in [-0.25, -0.2) is 0 Å². The highest BCUT2D eigenvalue weighted by atomic mass is 32.1. The number of carbonyl (C=O) groups excluding carboxylic acids is 2. The van der Waals surface area contributed by atoms with Gasteiger partial charge in [-0.1, -0.05) is 0 Å². The summed E-state index contributed by atoms with van der Waals surface area (Å²) in [5.41, 5.74) is 5.77. The third kappa shape index (κ3) is 2.86. The van der Waals surface area contributed by atoms with Gasteiger partial charge in [-0.15, -0.1) is 11.3 Å². The molecule has 4 aliphatic rings. The van der Waals surface area contributed by atoms with Gasteiger partial charge in [-0.2, -0.15) is 0 Å². The molecule has 2 amide bonds. The zero-order valence-electron chi connectivity index (χ0n) is 14.0. The Balaban J connectivity index is 1.49. The Labute approximate surface area is 146 Å². The number of nitrogens with two attached hydrogens (primary N) is 1. The molecule has 24 heavy (non-hydrogen) atoms. The van der Waals surface area contributed by atoms with E-state index >= 15 is 0 Å². The molecule has 2 saturated carbocycles. The lowest BCUT2D eigenvalue weighted by Crippen LogP contribution is -2.48. The van der Waals surface area contributed by atoms with Crippen LogP contribution in [0.4, 0.5) is 5.00 Å². The average molecular weight is 347 g/mol. The van der Waals surface area contributed by atoms with Crippen molar-refractivity contribution >= 4 is 28.2 Å². The zero-order valence-corrected chi connectivity index (χ0v) is 14.8. The van der Waals surface area contributed by atoms with Gasteiger partial charge in [0.1, 0.15) is 5.00 Å². The minimum atomic E-state index is -0.495. The highest BCUT2D eigenvalue weighted by Gasteiger charge is 2.44. The average Bonchev–Trinajstić information content (AvgIpc) is 2.90. The fourth-order valence-corrected chi connectivity index (χ4v) is 6.06. The second-order valence-electron chi connectivity index (χ2n) is 7.82. The van der Waals surface area contributed by atoms with E-state index in [-0.39, 0.29) is 11.9 Å². The summed E-state index contributed by atoms with van der Waals surface area (Å²) in [6.45, 7) is 3.04. The molecular weight excluding hydrogens is 322 g/mol. The molecule has 1 aromatic heterocycles. The van der Waals surface area contributed by atoms with Gasteiger partial charge >= 0.3 is 0 Å². The van der Waals surface area contributed by atoms with E-state index in [1.165, 1.54) is 43.4 Å². The molecule has 5 nitrogen and oxygen atoms in total. The van der Waals surface area contributed by atoms with Crippen molar-refractivity contribution in [2.24, 2.45) is 23.5 Å². The highest BCUT2D eigenvalue weighted by Crippen LogP contribution is 2.47. The molecule has 3 N–H and O–H groups in total. The third-order valence-corrected chi connectivity index (χ3v) is 7.02. The van der Waals surface area contributed by atoms with Gasteiger partial charge in [0.2, 0.25) is 5.91 Å². The van der Waals surface area contributed by atoms with Crippen LogP contribution in [0, 0.1) is 17.8 Å². The van der Waals surface area contributed by atoms with Crippen LogP contribution in [0.15, 0.2) is 11.4 Å². The minimum Gasteiger partial charge on any atom is -0.366 e. The van der Waals surface area contributed by atoms with Crippen LogP contribution in [0.1, 0.15) is 49.4 Å². The van der Waals surface area contributed by atoms with E-state index in [1.807, 2.05) is 6.92 Å². The number of carbonyl (C=O) groups is 2. The van der Waals surface area contributed by atoms with E-state index in [0.717, 1.165) is 24.3 Å². The van der Waals surface area contributed by atoms with E-state index in [2.05, 4.69) is 10.2 Å². The number of hydrogen-bond acceptors (Lipinski definition) is 4. The molecule has 130 valence electrons. The normalized spacial score (nSPS) is 33.2. The minimum absolute atomic E-state index is 0.0267. The molecule has 5 rings (SSSR count). The van der Waals surface area contributed by atoms with Crippen molar-refractivity contribution in [1.82, 2.24) is 4.90 Å². The fraction of sp³-hybridized carbons (Fsp3) is 0.667. The summed E-state index contributed by atoms with van der Waals surface area (Å²) in [5, 5.41) is 5.28. The highest BCUT2D eigenvalue weighted by molar-refractivity contribution is 7.14. The van der Waals surface area contributed by atoms with Gasteiger partial charge in [0.05, 0.1) is 11.6 Å². The SMILES string of the molecule is CC(C(=O)Nc1sccc1C(N)=O)N1CC2CC3CC(C2)CC1C3. The summed E-state index contributed by atoms with van der Waals surface area (Å²) in [4.78, 5) is 26.6. The predicted octanol–water partition coefficient (Wildman–Crippen LogP) is 2.68. The van der Waals surface area contributed by atoms with E-state index in [9.17, 15) is 9.59 Å². The Bertz CT molecular complexity index is 644. The Hall–Kier alpha value is -1.40. The Kier molecular flexibility index (Phi) is 4.12. The number of fused-ring (bicyclic) bond motifs is 1. The molecule has 0 spiro atoms. The predicted molar refractivity (Wildman–Crippen MR) is 95.0 cm³/mol. The molecule has 6 heteroatoms. The van der Waals surface area contributed by atoms with Crippen molar-refractivity contribution in [3.63, 3.8) is 0 Å². The first-order valence-corrected chi connectivity index (χ1v) is 9.83. The zero-order chi connectivity index (χ0) is 16.8. The summed E-state index contributed by atoms with van der Waals surface area (Å²) in [5.74, 6) is 1.96. The van der Waals surface area contributed by atoms with Crippen molar-refractivity contribution in [1.29, 1.82) is 0 Å². The number of nitrogens with zero attached hydrogens (tertiary/aromatic N) is 1. The topological polar surface area (TPSA) is 75.4 Å². The summed E-state index contributed by atoms with van der Waals surface area (Å²) in [6.07, 6.45) is 6.58. The lowest BCUT2D eigenvalue weighted by molar-refractivity contribution is -0.121. The summed E-state index contributed by atoms with van der Waals surface area (Å²) in [7, 11) is 0. The van der Waals surface area contributed by atoms with Gasteiger partial charge in [-0.3, -0.25) is 14.5 Å². The second kappa shape index (κ2) is 6.15. The lowest BCUT2D eigenvalue weighted by atomic mass is 9.68. The van der Waals surface area contributed by atoms with Crippen LogP contribution in [-0.2, 0) is 4.79 Å². The van der Waals surface area contributed by atoms with E-state index < -0.39 is 5.91 Å². The Morgan fingerprint density at radius 2 is 1.88 bits per heavy atom. The van der Waals surface area contributed by atoms with E-state index in [4.69, 9.17) is 5.73 Å². The van der Waals surface area contributed by atoms with Crippen LogP contribution in [0.3, 0.4) is 0 Å². The van der Waals surface area contributed by atoms with Crippen molar-refractivity contribution in [3.05, 3.63) is 17.0 Å².